The van der Waals surface area contributed by atoms with Crippen LogP contribution in [0.2, 0.25) is 0 Å². The predicted octanol–water partition coefficient (Wildman–Crippen LogP) is 3.75. The molecule has 0 aliphatic carbocycles. The van der Waals surface area contributed by atoms with Crippen LogP contribution in [0.4, 0.5) is 22.0 Å². The molecule has 0 aliphatic heterocycles. The Hall–Kier alpha value is -2.76. The van der Waals surface area contributed by atoms with Gasteiger partial charge in [-0.05, 0) is 57.2 Å². The fourth-order valence-corrected chi connectivity index (χ4v) is 1.92. The van der Waals surface area contributed by atoms with Crippen molar-refractivity contribution in [2.24, 2.45) is 0 Å². The molecule has 23 heavy (non-hydrogen) atoms. The second-order valence-corrected chi connectivity index (χ2v) is 5.27. The van der Waals surface area contributed by atoms with E-state index >= 15 is 0 Å². The lowest BCUT2D eigenvalue weighted by Gasteiger charge is -2.11. The zero-order valence-corrected chi connectivity index (χ0v) is 13.6. The third-order valence-corrected chi connectivity index (χ3v) is 2.88. The summed E-state index contributed by atoms with van der Waals surface area (Å²) in [7, 11) is 0. The molecule has 2 aromatic rings. The van der Waals surface area contributed by atoms with Crippen molar-refractivity contribution in [3.05, 3.63) is 42.6 Å². The summed E-state index contributed by atoms with van der Waals surface area (Å²) in [4.78, 5) is 15.9. The highest BCUT2D eigenvalue weighted by Gasteiger charge is 2.04. The molecule has 2 rings (SSSR count). The highest BCUT2D eigenvalue weighted by atomic mass is 16.5. The lowest BCUT2D eigenvalue weighted by Crippen LogP contribution is -2.34. The van der Waals surface area contributed by atoms with Gasteiger partial charge in [-0.3, -0.25) is 0 Å². The van der Waals surface area contributed by atoms with Crippen molar-refractivity contribution in [3.63, 3.8) is 0 Å². The average molecular weight is 314 g/mol. The predicted molar refractivity (Wildman–Crippen MR) is 92.4 cm³/mol. The second-order valence-electron chi connectivity index (χ2n) is 5.27. The summed E-state index contributed by atoms with van der Waals surface area (Å²) < 4.78 is 5.40. The van der Waals surface area contributed by atoms with E-state index in [1.165, 1.54) is 0 Å². The molecule has 6 heteroatoms. The first-order chi connectivity index (χ1) is 11.1. The van der Waals surface area contributed by atoms with Crippen LogP contribution in [0.3, 0.4) is 0 Å². The number of rotatable bonds is 6. The van der Waals surface area contributed by atoms with Gasteiger partial charge in [0.2, 0.25) is 0 Å². The Morgan fingerprint density at radius 3 is 2.39 bits per heavy atom. The summed E-state index contributed by atoms with van der Waals surface area (Å²) in [5.74, 6) is 1.53. The number of urea groups is 1. The van der Waals surface area contributed by atoms with Crippen molar-refractivity contribution < 1.29 is 9.53 Å². The lowest BCUT2D eigenvalue weighted by molar-refractivity contribution is 0.250. The minimum atomic E-state index is -0.242. The Morgan fingerprint density at radius 1 is 1.13 bits per heavy atom. The largest absolute Gasteiger partial charge is 0.494 e. The fraction of sp³-hybridized carbons (Fsp3) is 0.294. The van der Waals surface area contributed by atoms with Gasteiger partial charge in [0, 0.05) is 11.7 Å². The molecule has 1 aromatic heterocycles. The first kappa shape index (κ1) is 16.6. The maximum atomic E-state index is 11.6. The number of benzene rings is 1. The summed E-state index contributed by atoms with van der Waals surface area (Å²) >= 11 is 0. The van der Waals surface area contributed by atoms with Gasteiger partial charge < -0.3 is 20.7 Å². The topological polar surface area (TPSA) is 75.3 Å². The van der Waals surface area contributed by atoms with Crippen molar-refractivity contribution in [2.45, 2.75) is 26.8 Å². The molecular weight excluding hydrogens is 292 g/mol. The molecule has 0 radical (unpaired) electrons. The highest BCUT2D eigenvalue weighted by Crippen LogP contribution is 2.19. The van der Waals surface area contributed by atoms with Crippen LogP contribution in [0.15, 0.2) is 42.6 Å². The number of hydrogen-bond donors (Lipinski definition) is 3. The Labute approximate surface area is 136 Å². The van der Waals surface area contributed by atoms with Crippen LogP contribution in [0.1, 0.15) is 20.8 Å². The Bertz CT molecular complexity index is 624. The molecule has 0 bridgehead atoms. The van der Waals surface area contributed by atoms with Crippen molar-refractivity contribution in [3.8, 4) is 5.75 Å². The van der Waals surface area contributed by atoms with E-state index in [0.29, 0.717) is 18.1 Å². The molecule has 2 amide bonds. The molecule has 122 valence electrons. The second kappa shape index (κ2) is 8.03. The molecule has 3 N–H and O–H groups in total. The van der Waals surface area contributed by atoms with E-state index in [0.717, 1.165) is 11.4 Å². The molecule has 0 aliphatic rings. The Kier molecular flexibility index (Phi) is 5.80. The van der Waals surface area contributed by atoms with Gasteiger partial charge in [0.05, 0.1) is 18.5 Å². The zero-order chi connectivity index (χ0) is 16.7. The number of nitrogens with one attached hydrogen (secondary N) is 3. The van der Waals surface area contributed by atoms with Gasteiger partial charge in [0.15, 0.2) is 0 Å². The number of anilines is 3. The van der Waals surface area contributed by atoms with Crippen LogP contribution < -0.4 is 20.7 Å². The molecule has 0 saturated heterocycles. The molecule has 1 heterocycles. The van der Waals surface area contributed by atoms with Gasteiger partial charge in [-0.15, -0.1) is 0 Å². The Balaban J connectivity index is 1.93. The van der Waals surface area contributed by atoms with E-state index in [1.807, 2.05) is 45.0 Å². The number of carbonyl (C=O) groups is 1. The molecule has 0 spiro atoms. The van der Waals surface area contributed by atoms with Crippen molar-refractivity contribution in [1.82, 2.24) is 10.3 Å². The SMILES string of the molecule is CCOc1ccc(Nc2ccc(NC(=O)NC(C)C)cn2)cc1. The van der Waals surface area contributed by atoms with E-state index in [9.17, 15) is 4.79 Å². The van der Waals surface area contributed by atoms with Crippen LogP contribution in [-0.4, -0.2) is 23.7 Å². The van der Waals surface area contributed by atoms with Crippen molar-refractivity contribution in [1.29, 1.82) is 0 Å². The molecule has 0 atom stereocenters. The van der Waals surface area contributed by atoms with Gasteiger partial charge in [0.25, 0.3) is 0 Å². The lowest BCUT2D eigenvalue weighted by atomic mass is 10.3. The molecule has 0 unspecified atom stereocenters. The third-order valence-electron chi connectivity index (χ3n) is 2.88. The number of pyridine rings is 1. The monoisotopic (exact) mass is 314 g/mol. The third kappa shape index (κ3) is 5.50. The minimum absolute atomic E-state index is 0.0866. The number of aromatic nitrogens is 1. The zero-order valence-electron chi connectivity index (χ0n) is 13.6. The van der Waals surface area contributed by atoms with E-state index in [1.54, 1.807) is 18.3 Å². The van der Waals surface area contributed by atoms with Gasteiger partial charge in [-0.2, -0.15) is 0 Å². The van der Waals surface area contributed by atoms with E-state index in [4.69, 9.17) is 4.74 Å². The summed E-state index contributed by atoms with van der Waals surface area (Å²) in [6.45, 7) is 6.41. The van der Waals surface area contributed by atoms with Crippen molar-refractivity contribution >= 4 is 23.2 Å². The standard InChI is InChI=1S/C17H22N4O2/c1-4-23-15-8-5-13(6-9-15)20-16-10-7-14(11-18-16)21-17(22)19-12(2)3/h5-12H,4H2,1-3H3,(H,18,20)(H2,19,21,22). The quantitative estimate of drug-likeness (QED) is 0.759. The molecular formula is C17H22N4O2. The van der Waals surface area contributed by atoms with E-state index in [-0.39, 0.29) is 12.1 Å². The number of amides is 2. The van der Waals surface area contributed by atoms with Crippen LogP contribution in [-0.2, 0) is 0 Å². The van der Waals surface area contributed by atoms with Gasteiger partial charge in [-0.25, -0.2) is 9.78 Å². The van der Waals surface area contributed by atoms with Crippen molar-refractivity contribution in [2.75, 3.05) is 17.2 Å². The van der Waals surface area contributed by atoms with E-state index in [2.05, 4.69) is 20.9 Å². The number of hydrogen-bond acceptors (Lipinski definition) is 4. The van der Waals surface area contributed by atoms with Gasteiger partial charge >= 0.3 is 6.03 Å². The molecule has 0 saturated carbocycles. The summed E-state index contributed by atoms with van der Waals surface area (Å²) in [6.07, 6.45) is 1.61. The van der Waals surface area contributed by atoms with Crippen LogP contribution in [0, 0.1) is 0 Å². The molecule has 6 nitrogen and oxygen atoms in total. The number of nitrogens with zero attached hydrogens (tertiary/aromatic N) is 1. The first-order valence-corrected chi connectivity index (χ1v) is 7.60. The van der Waals surface area contributed by atoms with Gasteiger partial charge in [0.1, 0.15) is 11.6 Å². The summed E-state index contributed by atoms with van der Waals surface area (Å²) in [5.41, 5.74) is 1.56. The minimum Gasteiger partial charge on any atom is -0.494 e. The number of ether oxygens (including phenoxy) is 1. The molecule has 0 fully saturated rings. The van der Waals surface area contributed by atoms with E-state index < -0.39 is 0 Å². The fourth-order valence-electron chi connectivity index (χ4n) is 1.92. The first-order valence-electron chi connectivity index (χ1n) is 7.60. The Morgan fingerprint density at radius 2 is 1.83 bits per heavy atom. The van der Waals surface area contributed by atoms with Gasteiger partial charge in [-0.1, -0.05) is 0 Å². The smallest absolute Gasteiger partial charge is 0.319 e. The average Bonchev–Trinajstić information content (AvgIpc) is 2.51. The van der Waals surface area contributed by atoms with Crippen LogP contribution in [0.5, 0.6) is 5.75 Å². The highest BCUT2D eigenvalue weighted by molar-refractivity contribution is 5.89. The normalized spacial score (nSPS) is 10.3. The molecule has 1 aromatic carbocycles. The van der Waals surface area contributed by atoms with Crippen LogP contribution >= 0.6 is 0 Å². The van der Waals surface area contributed by atoms with Crippen LogP contribution in [0.25, 0.3) is 0 Å². The maximum Gasteiger partial charge on any atom is 0.319 e. The number of carbonyl (C=O) groups excluding carboxylic acids is 1. The summed E-state index contributed by atoms with van der Waals surface area (Å²) in [6, 6.07) is 11.1. The maximum absolute atomic E-state index is 11.6. The summed E-state index contributed by atoms with van der Waals surface area (Å²) in [5, 5.41) is 8.68.